The van der Waals surface area contributed by atoms with Gasteiger partial charge >= 0.3 is 0 Å². The van der Waals surface area contributed by atoms with E-state index >= 15 is 0 Å². The van der Waals surface area contributed by atoms with Gasteiger partial charge in [0.25, 0.3) is 0 Å². The maximum Gasteiger partial charge on any atom is 0.123 e. The van der Waals surface area contributed by atoms with Crippen molar-refractivity contribution in [2.75, 3.05) is 13.6 Å². The van der Waals surface area contributed by atoms with E-state index in [1.807, 2.05) is 6.92 Å². The number of halogens is 1. The van der Waals surface area contributed by atoms with E-state index in [-0.39, 0.29) is 5.82 Å². The summed E-state index contributed by atoms with van der Waals surface area (Å²) in [5, 5.41) is 7.42. The summed E-state index contributed by atoms with van der Waals surface area (Å²) in [7, 11) is 1.62. The Morgan fingerprint density at radius 2 is 1.93 bits per heavy atom. The Bertz CT molecular complexity index is 341. The minimum Gasteiger partial charge on any atom is -0.256 e. The van der Waals surface area contributed by atoms with E-state index in [0.717, 1.165) is 11.4 Å². The highest BCUT2D eigenvalue weighted by atomic mass is 19.1. The van der Waals surface area contributed by atoms with E-state index in [9.17, 15) is 4.39 Å². The number of rotatable bonds is 3. The summed E-state index contributed by atoms with van der Waals surface area (Å²) in [6, 6.07) is 6.02. The minimum atomic E-state index is -0.255. The molecule has 0 unspecified atom stereocenters. The van der Waals surface area contributed by atoms with Gasteiger partial charge in [-0.25, -0.2) is 4.39 Å². The van der Waals surface area contributed by atoms with Gasteiger partial charge in [0, 0.05) is 12.8 Å². The van der Waals surface area contributed by atoms with Crippen LogP contribution in [0, 0.1) is 5.82 Å². The first kappa shape index (κ1) is 10.5. The van der Waals surface area contributed by atoms with Crippen LogP contribution >= 0.6 is 0 Å². The van der Waals surface area contributed by atoms with E-state index < -0.39 is 0 Å². The van der Waals surface area contributed by atoms with Crippen LogP contribution in [-0.4, -0.2) is 19.3 Å². The highest BCUT2D eigenvalue weighted by molar-refractivity contribution is 5.86. The normalized spacial score (nSPS) is 12.4. The van der Waals surface area contributed by atoms with E-state index in [4.69, 9.17) is 0 Å². The largest absolute Gasteiger partial charge is 0.256 e. The average Bonchev–Trinajstić information content (AvgIpc) is 2.18. The summed E-state index contributed by atoms with van der Waals surface area (Å²) in [6.07, 6.45) is 0. The van der Waals surface area contributed by atoms with E-state index in [0.29, 0.717) is 6.54 Å². The molecule has 0 amide bonds. The first-order valence-corrected chi connectivity index (χ1v) is 4.27. The molecule has 1 aromatic rings. The number of hydrogen-bond donors (Lipinski definition) is 0. The Morgan fingerprint density at radius 1 is 1.29 bits per heavy atom. The van der Waals surface area contributed by atoms with Crippen molar-refractivity contribution in [3.05, 3.63) is 30.1 Å². The predicted molar refractivity (Wildman–Crippen MR) is 54.8 cm³/mol. The summed E-state index contributed by atoms with van der Waals surface area (Å²) in [5.41, 5.74) is 1.58. The fourth-order valence-corrected chi connectivity index (χ4v) is 0.944. The van der Waals surface area contributed by atoms with Gasteiger partial charge in [-0.1, -0.05) is 0 Å². The second-order valence-electron chi connectivity index (χ2n) is 2.82. The molecular weight excluding hydrogens is 181 g/mol. The third-order valence-corrected chi connectivity index (χ3v) is 1.59. The van der Waals surface area contributed by atoms with Crippen molar-refractivity contribution < 1.29 is 4.39 Å². The Hall–Kier alpha value is -1.58. The molecule has 0 atom stereocenters. The molecule has 4 heteroatoms. The zero-order valence-electron chi connectivity index (χ0n) is 8.24. The molecule has 14 heavy (non-hydrogen) atoms. The molecule has 1 aromatic carbocycles. The minimum absolute atomic E-state index is 0.255. The first-order chi connectivity index (χ1) is 6.72. The summed E-state index contributed by atoms with van der Waals surface area (Å²) in [5.74, 6) is -0.255. The van der Waals surface area contributed by atoms with Crippen LogP contribution in [0.3, 0.4) is 0 Å². The maximum atomic E-state index is 12.5. The molecule has 0 N–H and O–H groups in total. The van der Waals surface area contributed by atoms with Gasteiger partial charge < -0.3 is 0 Å². The van der Waals surface area contributed by atoms with Gasteiger partial charge in [-0.3, -0.25) is 4.99 Å². The van der Waals surface area contributed by atoms with Crippen molar-refractivity contribution in [3.63, 3.8) is 0 Å². The molecular formula is C10H12FN3. The molecule has 1 rings (SSSR count). The summed E-state index contributed by atoms with van der Waals surface area (Å²) >= 11 is 0. The zero-order valence-corrected chi connectivity index (χ0v) is 8.24. The number of nitrogens with zero attached hydrogens (tertiary/aromatic N) is 3. The Kier molecular flexibility index (Phi) is 3.91. The molecule has 74 valence electrons. The van der Waals surface area contributed by atoms with E-state index in [2.05, 4.69) is 15.2 Å². The van der Waals surface area contributed by atoms with Crippen LogP contribution in [0.2, 0.25) is 0 Å². The van der Waals surface area contributed by atoms with Crippen LogP contribution in [0.15, 0.2) is 39.5 Å². The van der Waals surface area contributed by atoms with Crippen LogP contribution in [0.5, 0.6) is 0 Å². The van der Waals surface area contributed by atoms with Crippen LogP contribution in [0.25, 0.3) is 0 Å². The van der Waals surface area contributed by atoms with Crippen LogP contribution in [-0.2, 0) is 0 Å². The number of benzene rings is 1. The lowest BCUT2D eigenvalue weighted by atomic mass is 10.3. The second kappa shape index (κ2) is 5.21. The highest BCUT2D eigenvalue weighted by Crippen LogP contribution is 2.12. The van der Waals surface area contributed by atoms with E-state index in [1.165, 1.54) is 12.1 Å². The van der Waals surface area contributed by atoms with Crippen molar-refractivity contribution in [1.29, 1.82) is 0 Å². The number of hydrogen-bond acceptors (Lipinski definition) is 3. The lowest BCUT2D eigenvalue weighted by Crippen LogP contribution is -1.94. The standard InChI is InChI=1S/C10H12FN3/c1-8(7-13-12-2)14-10-5-3-9(11)4-6-10/h3-6H,7H2,1-2H3. The van der Waals surface area contributed by atoms with Gasteiger partial charge in [0.05, 0.1) is 12.2 Å². The second-order valence-corrected chi connectivity index (χ2v) is 2.82. The monoisotopic (exact) mass is 193 g/mol. The zero-order chi connectivity index (χ0) is 10.4. The molecule has 0 spiro atoms. The summed E-state index contributed by atoms with van der Waals surface area (Å²) < 4.78 is 12.5. The Labute approximate surface area is 82.4 Å². The van der Waals surface area contributed by atoms with Gasteiger partial charge in [-0.15, -0.1) is 0 Å². The SMILES string of the molecule is CN=NCC(C)=Nc1ccc(F)cc1. The topological polar surface area (TPSA) is 37.1 Å². The van der Waals surface area contributed by atoms with Crippen molar-refractivity contribution >= 4 is 11.4 Å². The Balaban J connectivity index is 2.71. The number of aliphatic imine (C=N–C) groups is 1. The quantitative estimate of drug-likeness (QED) is 0.522. The average molecular weight is 193 g/mol. The van der Waals surface area contributed by atoms with Crippen molar-refractivity contribution in [1.82, 2.24) is 0 Å². The van der Waals surface area contributed by atoms with Crippen molar-refractivity contribution in [3.8, 4) is 0 Å². The van der Waals surface area contributed by atoms with Gasteiger partial charge in [-0.2, -0.15) is 10.2 Å². The van der Waals surface area contributed by atoms with E-state index in [1.54, 1.807) is 19.2 Å². The van der Waals surface area contributed by atoms with Gasteiger partial charge in [0.2, 0.25) is 0 Å². The third-order valence-electron chi connectivity index (χ3n) is 1.59. The molecule has 0 radical (unpaired) electrons. The fraction of sp³-hybridized carbons (Fsp3) is 0.300. The molecule has 3 nitrogen and oxygen atoms in total. The van der Waals surface area contributed by atoms with Crippen LogP contribution < -0.4 is 0 Å². The number of azo groups is 1. The lowest BCUT2D eigenvalue weighted by Gasteiger charge is -1.96. The maximum absolute atomic E-state index is 12.5. The van der Waals surface area contributed by atoms with Gasteiger partial charge in [-0.05, 0) is 31.2 Å². The lowest BCUT2D eigenvalue weighted by molar-refractivity contribution is 0.628. The smallest absolute Gasteiger partial charge is 0.123 e. The third kappa shape index (κ3) is 3.43. The predicted octanol–water partition coefficient (Wildman–Crippen LogP) is 3.00. The van der Waals surface area contributed by atoms with Crippen LogP contribution in [0.1, 0.15) is 6.92 Å². The molecule has 0 saturated heterocycles. The fourth-order valence-electron chi connectivity index (χ4n) is 0.944. The molecule has 0 aliphatic heterocycles. The van der Waals surface area contributed by atoms with Crippen molar-refractivity contribution in [2.24, 2.45) is 15.2 Å². The van der Waals surface area contributed by atoms with Gasteiger partial charge in [0.1, 0.15) is 5.82 Å². The molecule has 0 saturated carbocycles. The van der Waals surface area contributed by atoms with Gasteiger partial charge in [0.15, 0.2) is 0 Å². The summed E-state index contributed by atoms with van der Waals surface area (Å²) in [6.45, 7) is 2.34. The summed E-state index contributed by atoms with van der Waals surface area (Å²) in [4.78, 5) is 4.23. The molecule has 0 aliphatic rings. The molecule has 0 heterocycles. The highest BCUT2D eigenvalue weighted by Gasteiger charge is 1.93. The molecule has 0 bridgehead atoms. The Morgan fingerprint density at radius 3 is 2.50 bits per heavy atom. The van der Waals surface area contributed by atoms with Crippen molar-refractivity contribution in [2.45, 2.75) is 6.92 Å². The molecule has 0 aliphatic carbocycles. The molecule has 0 aromatic heterocycles. The first-order valence-electron chi connectivity index (χ1n) is 4.27. The van der Waals surface area contributed by atoms with Crippen LogP contribution in [0.4, 0.5) is 10.1 Å². The molecule has 0 fully saturated rings.